The molecule has 1 heterocycles. The van der Waals surface area contributed by atoms with Gasteiger partial charge in [0.25, 0.3) is 6.08 Å². The SMILES string of the molecule is CC(CCSc1ncccn1)=C(F)F. The lowest BCUT2D eigenvalue weighted by molar-refractivity contribution is 0.409. The molecule has 0 spiro atoms. The molecule has 0 amide bonds. The Balaban J connectivity index is 2.33. The second kappa shape index (κ2) is 5.70. The van der Waals surface area contributed by atoms with Crippen LogP contribution in [-0.2, 0) is 0 Å². The molecule has 0 bridgehead atoms. The molecule has 14 heavy (non-hydrogen) atoms. The van der Waals surface area contributed by atoms with Crippen LogP contribution in [0.15, 0.2) is 35.3 Å². The zero-order valence-corrected chi connectivity index (χ0v) is 8.52. The van der Waals surface area contributed by atoms with Crippen LogP contribution < -0.4 is 0 Å². The quantitative estimate of drug-likeness (QED) is 0.571. The summed E-state index contributed by atoms with van der Waals surface area (Å²) < 4.78 is 24.0. The van der Waals surface area contributed by atoms with E-state index in [2.05, 4.69) is 9.97 Å². The molecule has 0 unspecified atom stereocenters. The van der Waals surface area contributed by atoms with Gasteiger partial charge in [0.05, 0.1) is 0 Å². The van der Waals surface area contributed by atoms with Gasteiger partial charge in [-0.25, -0.2) is 9.97 Å². The first-order valence-corrected chi connectivity index (χ1v) is 5.09. The van der Waals surface area contributed by atoms with Gasteiger partial charge in [0, 0.05) is 18.1 Å². The Hall–Kier alpha value is -0.970. The highest BCUT2D eigenvalue weighted by Crippen LogP contribution is 2.17. The Morgan fingerprint density at radius 1 is 1.36 bits per heavy atom. The molecule has 0 saturated heterocycles. The summed E-state index contributed by atoms with van der Waals surface area (Å²) in [6, 6.07) is 1.72. The fraction of sp³-hybridized carbons (Fsp3) is 0.333. The van der Waals surface area contributed by atoms with Crippen LogP contribution in [-0.4, -0.2) is 15.7 Å². The molecule has 2 nitrogen and oxygen atoms in total. The molecule has 0 N–H and O–H groups in total. The maximum Gasteiger partial charge on any atom is 0.269 e. The molecule has 0 aromatic carbocycles. The summed E-state index contributed by atoms with van der Waals surface area (Å²) in [5.74, 6) is 0.577. The molecular formula is C9H10F2N2S. The van der Waals surface area contributed by atoms with Crippen LogP contribution in [0.25, 0.3) is 0 Å². The summed E-state index contributed by atoms with van der Waals surface area (Å²) in [7, 11) is 0. The van der Waals surface area contributed by atoms with E-state index < -0.39 is 6.08 Å². The Morgan fingerprint density at radius 2 is 2.00 bits per heavy atom. The third-order valence-corrected chi connectivity index (χ3v) is 2.45. The van der Waals surface area contributed by atoms with E-state index in [4.69, 9.17) is 0 Å². The molecule has 76 valence electrons. The van der Waals surface area contributed by atoms with Crippen LogP contribution in [0, 0.1) is 0 Å². The molecule has 0 aliphatic carbocycles. The first kappa shape index (κ1) is 11.1. The van der Waals surface area contributed by atoms with Crippen LogP contribution in [0.4, 0.5) is 8.78 Å². The largest absolute Gasteiger partial charge is 0.269 e. The van der Waals surface area contributed by atoms with E-state index in [1.165, 1.54) is 18.7 Å². The lowest BCUT2D eigenvalue weighted by Gasteiger charge is -1.99. The molecule has 0 aliphatic heterocycles. The van der Waals surface area contributed by atoms with E-state index in [0.717, 1.165) is 0 Å². The molecule has 1 aromatic heterocycles. The van der Waals surface area contributed by atoms with Crippen molar-refractivity contribution in [1.82, 2.24) is 9.97 Å². The maximum atomic E-state index is 12.0. The van der Waals surface area contributed by atoms with Crippen molar-refractivity contribution in [3.8, 4) is 0 Å². The van der Waals surface area contributed by atoms with Crippen molar-refractivity contribution in [2.45, 2.75) is 18.5 Å². The molecule has 0 atom stereocenters. The molecule has 0 aliphatic rings. The standard InChI is InChI=1S/C9H10F2N2S/c1-7(8(10)11)3-6-14-9-12-4-2-5-13-9/h2,4-5H,3,6H2,1H3. The van der Waals surface area contributed by atoms with E-state index in [1.807, 2.05) is 0 Å². The molecule has 1 rings (SSSR count). The summed E-state index contributed by atoms with van der Waals surface area (Å²) >= 11 is 1.38. The number of allylic oxidation sites excluding steroid dienone is 1. The van der Waals surface area contributed by atoms with E-state index in [-0.39, 0.29) is 5.57 Å². The zero-order chi connectivity index (χ0) is 10.4. The van der Waals surface area contributed by atoms with Gasteiger partial charge in [0.2, 0.25) is 0 Å². The van der Waals surface area contributed by atoms with Gasteiger partial charge in [-0.2, -0.15) is 8.78 Å². The van der Waals surface area contributed by atoms with Gasteiger partial charge >= 0.3 is 0 Å². The molecule has 0 saturated carbocycles. The molecule has 0 radical (unpaired) electrons. The first-order valence-electron chi connectivity index (χ1n) is 4.10. The van der Waals surface area contributed by atoms with Gasteiger partial charge in [-0.05, 0) is 25.0 Å². The topological polar surface area (TPSA) is 25.8 Å². The third kappa shape index (κ3) is 3.83. The Morgan fingerprint density at radius 3 is 2.57 bits per heavy atom. The van der Waals surface area contributed by atoms with E-state index in [1.54, 1.807) is 18.5 Å². The van der Waals surface area contributed by atoms with Gasteiger partial charge in [-0.3, -0.25) is 0 Å². The number of aromatic nitrogens is 2. The number of rotatable bonds is 4. The van der Waals surface area contributed by atoms with E-state index in [9.17, 15) is 8.78 Å². The minimum absolute atomic E-state index is 0.133. The van der Waals surface area contributed by atoms with Crippen molar-refractivity contribution < 1.29 is 8.78 Å². The summed E-state index contributed by atoms with van der Waals surface area (Å²) in [5.41, 5.74) is 0.133. The number of hydrogen-bond donors (Lipinski definition) is 0. The number of halogens is 2. The van der Waals surface area contributed by atoms with Crippen molar-refractivity contribution in [2.75, 3.05) is 5.75 Å². The molecule has 0 fully saturated rings. The van der Waals surface area contributed by atoms with Crippen molar-refractivity contribution >= 4 is 11.8 Å². The van der Waals surface area contributed by atoms with Gasteiger partial charge in [0.1, 0.15) is 0 Å². The van der Waals surface area contributed by atoms with Gasteiger partial charge in [0.15, 0.2) is 5.16 Å². The third-order valence-electron chi connectivity index (χ3n) is 1.57. The van der Waals surface area contributed by atoms with Gasteiger partial charge in [-0.15, -0.1) is 0 Å². The highest BCUT2D eigenvalue weighted by molar-refractivity contribution is 7.99. The number of hydrogen-bond acceptors (Lipinski definition) is 3. The number of nitrogens with zero attached hydrogens (tertiary/aromatic N) is 2. The normalized spacial score (nSPS) is 9.93. The van der Waals surface area contributed by atoms with Crippen molar-refractivity contribution in [2.24, 2.45) is 0 Å². The van der Waals surface area contributed by atoms with Crippen molar-refractivity contribution in [3.05, 3.63) is 30.1 Å². The smallest absolute Gasteiger partial charge is 0.231 e. The van der Waals surface area contributed by atoms with Gasteiger partial charge in [-0.1, -0.05) is 11.8 Å². The first-order chi connectivity index (χ1) is 6.70. The fourth-order valence-electron chi connectivity index (χ4n) is 0.750. The maximum absolute atomic E-state index is 12.0. The van der Waals surface area contributed by atoms with Crippen LogP contribution >= 0.6 is 11.8 Å². The fourth-order valence-corrected chi connectivity index (χ4v) is 1.61. The molecular weight excluding hydrogens is 206 g/mol. The monoisotopic (exact) mass is 216 g/mol. The molecule has 1 aromatic rings. The summed E-state index contributed by atoms with van der Waals surface area (Å²) in [6.45, 7) is 1.43. The second-order valence-corrected chi connectivity index (χ2v) is 3.73. The minimum atomic E-state index is -1.58. The zero-order valence-electron chi connectivity index (χ0n) is 7.70. The highest BCUT2D eigenvalue weighted by Gasteiger charge is 2.01. The van der Waals surface area contributed by atoms with Crippen molar-refractivity contribution in [1.29, 1.82) is 0 Å². The van der Waals surface area contributed by atoms with E-state index >= 15 is 0 Å². The highest BCUT2D eigenvalue weighted by atomic mass is 32.2. The predicted molar refractivity (Wildman–Crippen MR) is 52.3 cm³/mol. The average molecular weight is 216 g/mol. The average Bonchev–Trinajstić information content (AvgIpc) is 2.19. The second-order valence-electron chi connectivity index (χ2n) is 2.67. The van der Waals surface area contributed by atoms with Crippen LogP contribution in [0.3, 0.4) is 0 Å². The summed E-state index contributed by atoms with van der Waals surface area (Å²) in [4.78, 5) is 7.94. The van der Waals surface area contributed by atoms with Crippen LogP contribution in [0.1, 0.15) is 13.3 Å². The Kier molecular flexibility index (Phi) is 4.52. The van der Waals surface area contributed by atoms with Crippen LogP contribution in [0.2, 0.25) is 0 Å². The Labute approximate surface area is 85.5 Å². The lowest BCUT2D eigenvalue weighted by Crippen LogP contribution is -1.87. The minimum Gasteiger partial charge on any atom is -0.231 e. The predicted octanol–water partition coefficient (Wildman–Crippen LogP) is 3.13. The number of thioether (sulfide) groups is 1. The van der Waals surface area contributed by atoms with Gasteiger partial charge < -0.3 is 0 Å². The lowest BCUT2D eigenvalue weighted by atomic mass is 10.3. The van der Waals surface area contributed by atoms with Crippen molar-refractivity contribution in [3.63, 3.8) is 0 Å². The summed E-state index contributed by atoms with van der Waals surface area (Å²) in [5, 5.41) is 0.625. The Bertz CT molecular complexity index is 310. The van der Waals surface area contributed by atoms with Crippen LogP contribution in [0.5, 0.6) is 0 Å². The summed E-state index contributed by atoms with van der Waals surface area (Å²) in [6.07, 6.45) is 2.05. The van der Waals surface area contributed by atoms with E-state index in [0.29, 0.717) is 17.3 Å². The molecule has 5 heteroatoms.